The SMILES string of the molecule is Cc1cccc(C(=O)N2C(CO)CCC2c2ccc(Cl)c(Cl)c2)n1. The predicted molar refractivity (Wildman–Crippen MR) is 94.5 cm³/mol. The van der Waals surface area contributed by atoms with Gasteiger partial charge in [0.2, 0.25) is 0 Å². The molecular weight excluding hydrogens is 347 g/mol. The van der Waals surface area contributed by atoms with E-state index >= 15 is 0 Å². The molecule has 126 valence electrons. The first-order chi connectivity index (χ1) is 11.5. The number of likely N-dealkylation sites (tertiary alicyclic amines) is 1. The van der Waals surface area contributed by atoms with E-state index in [-0.39, 0.29) is 24.6 Å². The van der Waals surface area contributed by atoms with Gasteiger partial charge >= 0.3 is 0 Å². The molecule has 0 bridgehead atoms. The van der Waals surface area contributed by atoms with Gasteiger partial charge in [0.1, 0.15) is 5.69 Å². The first-order valence-electron chi connectivity index (χ1n) is 7.83. The summed E-state index contributed by atoms with van der Waals surface area (Å²) in [6, 6.07) is 10.4. The largest absolute Gasteiger partial charge is 0.394 e. The monoisotopic (exact) mass is 364 g/mol. The fourth-order valence-corrected chi connectivity index (χ4v) is 3.52. The lowest BCUT2D eigenvalue weighted by atomic mass is 10.0. The van der Waals surface area contributed by atoms with Gasteiger partial charge in [-0.3, -0.25) is 4.79 Å². The third-order valence-corrected chi connectivity index (χ3v) is 5.12. The molecule has 2 atom stereocenters. The van der Waals surface area contributed by atoms with Crippen molar-refractivity contribution in [3.8, 4) is 0 Å². The molecule has 1 N–H and O–H groups in total. The molecule has 6 heteroatoms. The molecule has 1 amide bonds. The Hall–Kier alpha value is -1.62. The number of carbonyl (C=O) groups excluding carboxylic acids is 1. The second kappa shape index (κ2) is 7.09. The molecule has 1 aromatic carbocycles. The molecule has 1 saturated heterocycles. The second-order valence-electron chi connectivity index (χ2n) is 5.98. The van der Waals surface area contributed by atoms with Crippen molar-refractivity contribution in [1.82, 2.24) is 9.88 Å². The van der Waals surface area contributed by atoms with Gasteiger partial charge < -0.3 is 10.0 Å². The number of carbonyl (C=O) groups is 1. The molecule has 1 aromatic heterocycles. The Kier molecular flexibility index (Phi) is 5.09. The van der Waals surface area contributed by atoms with E-state index in [1.54, 1.807) is 23.1 Å². The number of aliphatic hydroxyl groups is 1. The summed E-state index contributed by atoms with van der Waals surface area (Å²) in [5.74, 6) is -0.175. The normalized spacial score (nSPS) is 20.4. The number of aromatic nitrogens is 1. The molecule has 1 fully saturated rings. The Morgan fingerprint density at radius 1 is 1.25 bits per heavy atom. The van der Waals surface area contributed by atoms with Crippen LogP contribution < -0.4 is 0 Å². The summed E-state index contributed by atoms with van der Waals surface area (Å²) >= 11 is 12.1. The van der Waals surface area contributed by atoms with E-state index in [2.05, 4.69) is 4.98 Å². The molecular formula is C18H18Cl2N2O2. The molecule has 0 saturated carbocycles. The van der Waals surface area contributed by atoms with Gasteiger partial charge in [0, 0.05) is 5.69 Å². The van der Waals surface area contributed by atoms with Crippen LogP contribution in [-0.4, -0.2) is 33.5 Å². The van der Waals surface area contributed by atoms with Crippen LogP contribution in [0.4, 0.5) is 0 Å². The molecule has 2 aromatic rings. The van der Waals surface area contributed by atoms with Crippen LogP contribution in [0.25, 0.3) is 0 Å². The molecule has 2 unspecified atom stereocenters. The lowest BCUT2D eigenvalue weighted by Gasteiger charge is -2.30. The van der Waals surface area contributed by atoms with Gasteiger partial charge in [0.05, 0.1) is 28.7 Å². The third kappa shape index (κ3) is 3.27. The van der Waals surface area contributed by atoms with Crippen molar-refractivity contribution >= 4 is 29.1 Å². The van der Waals surface area contributed by atoms with E-state index < -0.39 is 0 Å². The highest BCUT2D eigenvalue weighted by atomic mass is 35.5. The second-order valence-corrected chi connectivity index (χ2v) is 6.79. The highest BCUT2D eigenvalue weighted by molar-refractivity contribution is 6.42. The van der Waals surface area contributed by atoms with Gasteiger partial charge in [0.15, 0.2) is 0 Å². The number of aliphatic hydroxyl groups excluding tert-OH is 1. The van der Waals surface area contributed by atoms with E-state index in [1.165, 1.54) is 0 Å². The van der Waals surface area contributed by atoms with Crippen LogP contribution in [-0.2, 0) is 0 Å². The minimum Gasteiger partial charge on any atom is -0.394 e. The number of halogens is 2. The summed E-state index contributed by atoms with van der Waals surface area (Å²) in [6.45, 7) is 1.77. The molecule has 2 heterocycles. The number of hydrogen-bond donors (Lipinski definition) is 1. The summed E-state index contributed by atoms with van der Waals surface area (Å²) in [7, 11) is 0. The summed E-state index contributed by atoms with van der Waals surface area (Å²) in [5, 5.41) is 10.6. The number of amides is 1. The van der Waals surface area contributed by atoms with Gasteiger partial charge in [-0.2, -0.15) is 0 Å². The Labute approximate surface area is 151 Å². The van der Waals surface area contributed by atoms with Crippen molar-refractivity contribution in [2.24, 2.45) is 0 Å². The number of aryl methyl sites for hydroxylation is 1. The quantitative estimate of drug-likeness (QED) is 0.893. The van der Waals surface area contributed by atoms with Crippen LogP contribution in [0.3, 0.4) is 0 Å². The summed E-state index contributed by atoms with van der Waals surface area (Å²) in [6.07, 6.45) is 1.50. The Bertz CT molecular complexity index is 766. The van der Waals surface area contributed by atoms with Crippen molar-refractivity contribution in [1.29, 1.82) is 0 Å². The van der Waals surface area contributed by atoms with Gasteiger partial charge in [-0.15, -0.1) is 0 Å². The van der Waals surface area contributed by atoms with Gasteiger partial charge in [-0.25, -0.2) is 4.98 Å². The standard InChI is InChI=1S/C18H18Cl2N2O2/c1-11-3-2-4-16(21-11)18(24)22-13(10-23)6-8-17(22)12-5-7-14(19)15(20)9-12/h2-5,7,9,13,17,23H,6,8,10H2,1H3. The fourth-order valence-electron chi connectivity index (χ4n) is 3.21. The maximum atomic E-state index is 13.0. The average Bonchev–Trinajstić information content (AvgIpc) is 3.00. The van der Waals surface area contributed by atoms with Crippen LogP contribution in [0.2, 0.25) is 10.0 Å². The number of pyridine rings is 1. The summed E-state index contributed by atoms with van der Waals surface area (Å²) < 4.78 is 0. The Morgan fingerprint density at radius 2 is 2.04 bits per heavy atom. The summed E-state index contributed by atoms with van der Waals surface area (Å²) in [5.41, 5.74) is 2.09. The number of rotatable bonds is 3. The zero-order valence-electron chi connectivity index (χ0n) is 13.2. The highest BCUT2D eigenvalue weighted by Crippen LogP contribution is 2.38. The molecule has 0 radical (unpaired) electrons. The van der Waals surface area contributed by atoms with Gasteiger partial charge in [-0.1, -0.05) is 35.3 Å². The Morgan fingerprint density at radius 3 is 2.71 bits per heavy atom. The molecule has 0 aliphatic carbocycles. The van der Waals surface area contributed by atoms with Crippen molar-refractivity contribution in [2.45, 2.75) is 31.8 Å². The van der Waals surface area contributed by atoms with Crippen LogP contribution in [0.15, 0.2) is 36.4 Å². The Balaban J connectivity index is 1.97. The maximum absolute atomic E-state index is 13.0. The van der Waals surface area contributed by atoms with E-state index in [9.17, 15) is 9.90 Å². The number of nitrogens with zero attached hydrogens (tertiary/aromatic N) is 2. The lowest BCUT2D eigenvalue weighted by Crippen LogP contribution is -2.39. The van der Waals surface area contributed by atoms with Crippen LogP contribution >= 0.6 is 23.2 Å². The van der Waals surface area contributed by atoms with Gasteiger partial charge in [-0.05, 0) is 49.6 Å². The molecule has 24 heavy (non-hydrogen) atoms. The van der Waals surface area contributed by atoms with Crippen molar-refractivity contribution in [3.63, 3.8) is 0 Å². The van der Waals surface area contributed by atoms with Crippen LogP contribution in [0.5, 0.6) is 0 Å². The first-order valence-corrected chi connectivity index (χ1v) is 8.59. The maximum Gasteiger partial charge on any atom is 0.273 e. The molecule has 3 rings (SSSR count). The molecule has 0 spiro atoms. The number of hydrogen-bond acceptors (Lipinski definition) is 3. The minimum atomic E-state index is -0.223. The third-order valence-electron chi connectivity index (χ3n) is 4.38. The van der Waals surface area contributed by atoms with Crippen molar-refractivity contribution in [3.05, 3.63) is 63.4 Å². The minimum absolute atomic E-state index is 0.0740. The molecule has 4 nitrogen and oxygen atoms in total. The smallest absolute Gasteiger partial charge is 0.273 e. The van der Waals surface area contributed by atoms with Crippen molar-refractivity contribution < 1.29 is 9.90 Å². The highest BCUT2D eigenvalue weighted by Gasteiger charge is 2.38. The van der Waals surface area contributed by atoms with Crippen LogP contribution in [0.1, 0.15) is 40.6 Å². The molecule has 1 aliphatic rings. The zero-order valence-corrected chi connectivity index (χ0v) is 14.8. The van der Waals surface area contributed by atoms with E-state index in [4.69, 9.17) is 23.2 Å². The van der Waals surface area contributed by atoms with Gasteiger partial charge in [0.25, 0.3) is 5.91 Å². The van der Waals surface area contributed by atoms with E-state index in [0.717, 1.165) is 24.1 Å². The van der Waals surface area contributed by atoms with Crippen LogP contribution in [0, 0.1) is 6.92 Å². The average molecular weight is 365 g/mol. The van der Waals surface area contributed by atoms with E-state index in [0.29, 0.717) is 15.7 Å². The first kappa shape index (κ1) is 17.2. The lowest BCUT2D eigenvalue weighted by molar-refractivity contribution is 0.0588. The molecule has 1 aliphatic heterocycles. The predicted octanol–water partition coefficient (Wildman–Crippen LogP) is 4.04. The number of benzene rings is 1. The zero-order chi connectivity index (χ0) is 17.3. The topological polar surface area (TPSA) is 53.4 Å². The fraction of sp³-hybridized carbons (Fsp3) is 0.333. The van der Waals surface area contributed by atoms with E-state index in [1.807, 2.05) is 25.1 Å². The van der Waals surface area contributed by atoms with Crippen molar-refractivity contribution in [2.75, 3.05) is 6.61 Å². The summed E-state index contributed by atoms with van der Waals surface area (Å²) in [4.78, 5) is 19.0.